The molecule has 92 valence electrons. The molecule has 0 bridgehead atoms. The van der Waals surface area contributed by atoms with Gasteiger partial charge < -0.3 is 11.1 Å². The first kappa shape index (κ1) is 12.3. The molecule has 3 N–H and O–H groups in total. The number of rotatable bonds is 4. The number of amides is 1. The van der Waals surface area contributed by atoms with Crippen molar-refractivity contribution in [2.45, 2.75) is 35.1 Å². The number of primary amides is 1. The van der Waals surface area contributed by atoms with E-state index in [-0.39, 0.29) is 5.91 Å². The Bertz CT molecular complexity index is 400. The van der Waals surface area contributed by atoms with Crippen LogP contribution in [0.5, 0.6) is 0 Å². The molecule has 0 radical (unpaired) electrons. The fraction of sp³-hybridized carbons (Fsp3) is 0.545. The molecule has 1 aromatic rings. The summed E-state index contributed by atoms with van der Waals surface area (Å²) in [7, 11) is 1.79. The molecule has 0 aromatic carbocycles. The number of carbonyl (C=O) groups is 1. The maximum absolute atomic E-state index is 11.5. The van der Waals surface area contributed by atoms with Crippen LogP contribution in [-0.2, 0) is 4.79 Å². The normalized spacial score (nSPS) is 28.2. The van der Waals surface area contributed by atoms with Crippen molar-refractivity contribution < 1.29 is 4.79 Å². The smallest absolute Gasteiger partial charge is 0.237 e. The lowest BCUT2D eigenvalue weighted by atomic mass is 9.97. The number of thioether (sulfide) groups is 1. The summed E-state index contributed by atoms with van der Waals surface area (Å²) in [5.41, 5.74) is 4.92. The van der Waals surface area contributed by atoms with Crippen LogP contribution in [0.25, 0.3) is 0 Å². The highest BCUT2D eigenvalue weighted by Crippen LogP contribution is 2.39. The van der Waals surface area contributed by atoms with E-state index in [2.05, 4.69) is 15.3 Å². The summed E-state index contributed by atoms with van der Waals surface area (Å²) in [5, 5.41) is 4.33. The molecular formula is C11H16N4OS. The molecule has 1 aromatic heterocycles. The van der Waals surface area contributed by atoms with Crippen molar-refractivity contribution >= 4 is 17.7 Å². The van der Waals surface area contributed by atoms with Crippen molar-refractivity contribution in [3.8, 4) is 0 Å². The molecule has 0 saturated heterocycles. The Morgan fingerprint density at radius 3 is 3.00 bits per heavy atom. The molecule has 2 atom stereocenters. The van der Waals surface area contributed by atoms with Gasteiger partial charge in [0.05, 0.1) is 11.7 Å². The molecular weight excluding hydrogens is 236 g/mol. The van der Waals surface area contributed by atoms with Crippen LogP contribution in [0.1, 0.15) is 19.3 Å². The summed E-state index contributed by atoms with van der Waals surface area (Å²) in [6.07, 6.45) is 7.58. The van der Waals surface area contributed by atoms with E-state index in [1.54, 1.807) is 37.4 Å². The minimum absolute atomic E-state index is 0.262. The minimum Gasteiger partial charge on any atom is -0.368 e. The Kier molecular flexibility index (Phi) is 3.63. The lowest BCUT2D eigenvalue weighted by molar-refractivity contribution is -0.124. The lowest BCUT2D eigenvalue weighted by Gasteiger charge is -2.24. The van der Waals surface area contributed by atoms with Gasteiger partial charge in [0.15, 0.2) is 0 Å². The van der Waals surface area contributed by atoms with Gasteiger partial charge in [0.2, 0.25) is 5.91 Å². The van der Waals surface area contributed by atoms with Crippen LogP contribution in [0, 0.1) is 0 Å². The van der Waals surface area contributed by atoms with E-state index >= 15 is 0 Å². The van der Waals surface area contributed by atoms with E-state index in [4.69, 9.17) is 5.73 Å². The van der Waals surface area contributed by atoms with E-state index in [1.165, 1.54) is 0 Å². The zero-order chi connectivity index (χ0) is 12.3. The second kappa shape index (κ2) is 5.01. The number of carbonyl (C=O) groups excluding carboxylic acids is 1. The molecule has 1 aliphatic rings. The van der Waals surface area contributed by atoms with Gasteiger partial charge in [-0.3, -0.25) is 9.78 Å². The van der Waals surface area contributed by atoms with Crippen LogP contribution in [0.2, 0.25) is 0 Å². The summed E-state index contributed by atoms with van der Waals surface area (Å²) in [6, 6.07) is 0. The van der Waals surface area contributed by atoms with Crippen molar-refractivity contribution in [2.75, 3.05) is 7.05 Å². The summed E-state index contributed by atoms with van der Waals surface area (Å²) in [6.45, 7) is 0. The van der Waals surface area contributed by atoms with E-state index in [0.717, 1.165) is 24.3 Å². The first-order valence-corrected chi connectivity index (χ1v) is 6.46. The highest BCUT2D eigenvalue weighted by molar-refractivity contribution is 7.99. The van der Waals surface area contributed by atoms with Crippen LogP contribution in [0.3, 0.4) is 0 Å². The van der Waals surface area contributed by atoms with Crippen molar-refractivity contribution in [2.24, 2.45) is 5.73 Å². The van der Waals surface area contributed by atoms with Gasteiger partial charge in [0.1, 0.15) is 5.03 Å². The molecule has 2 rings (SSSR count). The molecule has 2 unspecified atom stereocenters. The number of nitrogens with zero attached hydrogens (tertiary/aromatic N) is 2. The molecule has 0 spiro atoms. The zero-order valence-corrected chi connectivity index (χ0v) is 10.5. The Labute approximate surface area is 105 Å². The molecule has 17 heavy (non-hydrogen) atoms. The molecule has 1 saturated carbocycles. The molecule has 0 aliphatic heterocycles. The fourth-order valence-electron chi connectivity index (χ4n) is 2.19. The highest BCUT2D eigenvalue weighted by atomic mass is 32.2. The SMILES string of the molecule is CNC1(C(N)=O)CCC(Sc2cnccn2)C1. The summed E-state index contributed by atoms with van der Waals surface area (Å²) >= 11 is 1.66. The summed E-state index contributed by atoms with van der Waals surface area (Å²) in [4.78, 5) is 19.7. The third kappa shape index (κ3) is 2.58. The first-order chi connectivity index (χ1) is 8.16. The van der Waals surface area contributed by atoms with E-state index in [9.17, 15) is 4.79 Å². The predicted octanol–water partition coefficient (Wildman–Crippen LogP) is 0.565. The molecule has 5 nitrogen and oxygen atoms in total. The standard InChI is InChI=1S/C11H16N4OS/c1-13-11(10(12)16)3-2-8(6-11)17-9-7-14-4-5-15-9/h4-5,7-8,13H,2-3,6H2,1H3,(H2,12,16). The van der Waals surface area contributed by atoms with Gasteiger partial charge in [-0.2, -0.15) is 0 Å². The van der Waals surface area contributed by atoms with Gasteiger partial charge in [-0.15, -0.1) is 11.8 Å². The van der Waals surface area contributed by atoms with Crippen LogP contribution in [-0.4, -0.2) is 33.7 Å². The summed E-state index contributed by atoms with van der Waals surface area (Å²) < 4.78 is 0. The van der Waals surface area contributed by atoms with Crippen molar-refractivity contribution in [3.63, 3.8) is 0 Å². The molecule has 1 aliphatic carbocycles. The van der Waals surface area contributed by atoms with Gasteiger partial charge in [0, 0.05) is 17.6 Å². The Balaban J connectivity index is 2.01. The number of likely N-dealkylation sites (N-methyl/N-ethyl adjacent to an activating group) is 1. The van der Waals surface area contributed by atoms with E-state index in [1.807, 2.05) is 0 Å². The van der Waals surface area contributed by atoms with Crippen molar-refractivity contribution in [1.29, 1.82) is 0 Å². The number of hydrogen-bond acceptors (Lipinski definition) is 5. The molecule has 1 heterocycles. The fourth-order valence-corrected chi connectivity index (χ4v) is 3.38. The average molecular weight is 252 g/mol. The second-order valence-corrected chi connectivity index (χ2v) is 5.54. The van der Waals surface area contributed by atoms with Gasteiger partial charge in [-0.1, -0.05) is 0 Å². The zero-order valence-electron chi connectivity index (χ0n) is 9.72. The minimum atomic E-state index is -0.542. The third-order valence-electron chi connectivity index (χ3n) is 3.25. The van der Waals surface area contributed by atoms with Gasteiger partial charge >= 0.3 is 0 Å². The number of hydrogen-bond donors (Lipinski definition) is 2. The first-order valence-electron chi connectivity index (χ1n) is 5.58. The Hall–Kier alpha value is -1.14. The number of nitrogens with one attached hydrogen (secondary N) is 1. The number of aromatic nitrogens is 2. The van der Waals surface area contributed by atoms with Gasteiger partial charge in [-0.05, 0) is 26.3 Å². The summed E-state index contributed by atoms with van der Waals surface area (Å²) in [5.74, 6) is -0.262. The van der Waals surface area contributed by atoms with E-state index < -0.39 is 5.54 Å². The Morgan fingerprint density at radius 2 is 2.47 bits per heavy atom. The predicted molar refractivity (Wildman–Crippen MR) is 66.5 cm³/mol. The maximum Gasteiger partial charge on any atom is 0.237 e. The van der Waals surface area contributed by atoms with Crippen LogP contribution in [0.4, 0.5) is 0 Å². The quantitative estimate of drug-likeness (QED) is 0.818. The highest BCUT2D eigenvalue weighted by Gasteiger charge is 2.43. The van der Waals surface area contributed by atoms with E-state index in [0.29, 0.717) is 5.25 Å². The third-order valence-corrected chi connectivity index (χ3v) is 4.43. The largest absolute Gasteiger partial charge is 0.368 e. The van der Waals surface area contributed by atoms with Crippen LogP contribution in [0.15, 0.2) is 23.6 Å². The van der Waals surface area contributed by atoms with Gasteiger partial charge in [-0.25, -0.2) is 4.98 Å². The molecule has 1 amide bonds. The number of nitrogens with two attached hydrogens (primary N) is 1. The van der Waals surface area contributed by atoms with Crippen molar-refractivity contribution in [3.05, 3.63) is 18.6 Å². The Morgan fingerprint density at radius 1 is 1.65 bits per heavy atom. The maximum atomic E-state index is 11.5. The monoisotopic (exact) mass is 252 g/mol. The topological polar surface area (TPSA) is 80.9 Å². The molecule has 1 fully saturated rings. The lowest BCUT2D eigenvalue weighted by Crippen LogP contribution is -2.52. The molecule has 6 heteroatoms. The average Bonchev–Trinajstić information content (AvgIpc) is 2.75. The van der Waals surface area contributed by atoms with Crippen LogP contribution < -0.4 is 11.1 Å². The van der Waals surface area contributed by atoms with Gasteiger partial charge in [0.25, 0.3) is 0 Å². The van der Waals surface area contributed by atoms with Crippen LogP contribution >= 0.6 is 11.8 Å². The van der Waals surface area contributed by atoms with Crippen molar-refractivity contribution in [1.82, 2.24) is 15.3 Å². The second-order valence-electron chi connectivity index (χ2n) is 4.22.